The number of para-hydroxylation sites is 1. The van der Waals surface area contributed by atoms with Gasteiger partial charge < -0.3 is 5.32 Å². The molecule has 0 atom stereocenters. The minimum atomic E-state index is 0.777. The molecule has 0 aliphatic rings. The first-order chi connectivity index (χ1) is 7.25. The largest absolute Gasteiger partial charge is 0.340 e. The molecule has 0 unspecified atom stereocenters. The van der Waals surface area contributed by atoms with Gasteiger partial charge in [0.05, 0.1) is 0 Å². The van der Waals surface area contributed by atoms with Gasteiger partial charge in [-0.15, -0.1) is 0 Å². The summed E-state index contributed by atoms with van der Waals surface area (Å²) in [5.74, 6) is 1.65. The van der Waals surface area contributed by atoms with Crippen LogP contribution in [0.25, 0.3) is 0 Å². The van der Waals surface area contributed by atoms with Crippen LogP contribution in [0.3, 0.4) is 0 Å². The monoisotopic (exact) mass is 199 g/mol. The van der Waals surface area contributed by atoms with Gasteiger partial charge in [-0.3, -0.25) is 0 Å². The minimum Gasteiger partial charge on any atom is -0.340 e. The molecule has 3 heteroatoms. The van der Waals surface area contributed by atoms with Gasteiger partial charge >= 0.3 is 0 Å². The molecule has 1 heterocycles. The van der Waals surface area contributed by atoms with Crippen molar-refractivity contribution in [2.24, 2.45) is 0 Å². The lowest BCUT2D eigenvalue weighted by Crippen LogP contribution is -1.99. The summed E-state index contributed by atoms with van der Waals surface area (Å²) in [5, 5.41) is 3.26. The topological polar surface area (TPSA) is 37.8 Å². The summed E-state index contributed by atoms with van der Waals surface area (Å²) in [7, 11) is 0. The van der Waals surface area contributed by atoms with E-state index in [1.54, 1.807) is 0 Å². The van der Waals surface area contributed by atoms with Crippen molar-refractivity contribution in [1.82, 2.24) is 9.97 Å². The smallest absolute Gasteiger partial charge is 0.136 e. The fourth-order valence-corrected chi connectivity index (χ4v) is 1.31. The second kappa shape index (κ2) is 4.09. The zero-order valence-corrected chi connectivity index (χ0v) is 8.86. The Morgan fingerprint density at radius 2 is 1.80 bits per heavy atom. The van der Waals surface area contributed by atoms with Crippen molar-refractivity contribution in [2.45, 2.75) is 13.8 Å². The molecule has 1 N–H and O–H groups in total. The van der Waals surface area contributed by atoms with Gasteiger partial charge in [0.1, 0.15) is 11.6 Å². The van der Waals surface area contributed by atoms with Crippen molar-refractivity contribution < 1.29 is 0 Å². The molecule has 0 radical (unpaired) electrons. The zero-order valence-electron chi connectivity index (χ0n) is 8.86. The van der Waals surface area contributed by atoms with E-state index in [0.717, 1.165) is 22.9 Å². The molecule has 0 aliphatic heterocycles. The normalized spacial score (nSPS) is 10.0. The highest BCUT2D eigenvalue weighted by atomic mass is 15.0. The third-order valence-electron chi connectivity index (χ3n) is 2.13. The third-order valence-corrected chi connectivity index (χ3v) is 2.13. The number of aryl methyl sites for hydroxylation is 2. The van der Waals surface area contributed by atoms with Crippen LogP contribution in [0, 0.1) is 13.8 Å². The Morgan fingerprint density at radius 3 is 2.53 bits per heavy atom. The molecule has 2 rings (SSSR count). The Labute approximate surface area is 89.2 Å². The van der Waals surface area contributed by atoms with E-state index in [4.69, 9.17) is 0 Å². The van der Waals surface area contributed by atoms with E-state index in [0.29, 0.717) is 0 Å². The van der Waals surface area contributed by atoms with E-state index in [9.17, 15) is 0 Å². The maximum Gasteiger partial charge on any atom is 0.136 e. The number of benzene rings is 1. The lowest BCUT2D eigenvalue weighted by molar-refractivity contribution is 1.04. The number of anilines is 2. The quantitative estimate of drug-likeness (QED) is 0.808. The van der Waals surface area contributed by atoms with Gasteiger partial charge in [-0.25, -0.2) is 9.97 Å². The van der Waals surface area contributed by atoms with E-state index in [-0.39, 0.29) is 0 Å². The third kappa shape index (κ3) is 2.31. The van der Waals surface area contributed by atoms with Crippen LogP contribution in [0.4, 0.5) is 11.5 Å². The lowest BCUT2D eigenvalue weighted by Gasteiger charge is -2.08. The van der Waals surface area contributed by atoms with Crippen LogP contribution in [0.1, 0.15) is 11.4 Å². The molecule has 3 nitrogen and oxygen atoms in total. The van der Waals surface area contributed by atoms with Gasteiger partial charge in [0.25, 0.3) is 0 Å². The highest BCUT2D eigenvalue weighted by Crippen LogP contribution is 2.16. The molecule has 0 fully saturated rings. The summed E-state index contributed by atoms with van der Waals surface area (Å²) in [6.07, 6.45) is 1.83. The van der Waals surface area contributed by atoms with Crippen LogP contribution in [0.5, 0.6) is 0 Å². The van der Waals surface area contributed by atoms with Crippen LogP contribution in [-0.2, 0) is 0 Å². The van der Waals surface area contributed by atoms with Crippen molar-refractivity contribution in [1.29, 1.82) is 0 Å². The van der Waals surface area contributed by atoms with Gasteiger partial charge in [0.15, 0.2) is 0 Å². The van der Waals surface area contributed by atoms with Crippen molar-refractivity contribution in [3.63, 3.8) is 0 Å². The van der Waals surface area contributed by atoms with Gasteiger partial charge in [0.2, 0.25) is 0 Å². The molecule has 0 spiro atoms. The van der Waals surface area contributed by atoms with E-state index in [2.05, 4.69) is 15.3 Å². The molecule has 0 saturated heterocycles. The Kier molecular flexibility index (Phi) is 2.63. The molecular formula is C12H13N3. The van der Waals surface area contributed by atoms with E-state index in [1.165, 1.54) is 0 Å². The summed E-state index contributed by atoms with van der Waals surface area (Å²) < 4.78 is 0. The molecule has 0 aliphatic carbocycles. The molecule has 76 valence electrons. The fraction of sp³-hybridized carbons (Fsp3) is 0.167. The molecule has 1 aromatic carbocycles. The predicted octanol–water partition coefficient (Wildman–Crippen LogP) is 2.84. The second-order valence-electron chi connectivity index (χ2n) is 3.44. The maximum absolute atomic E-state index is 4.35. The van der Waals surface area contributed by atoms with Gasteiger partial charge in [-0.1, -0.05) is 18.2 Å². The van der Waals surface area contributed by atoms with Crippen LogP contribution in [-0.4, -0.2) is 9.97 Å². The summed E-state index contributed by atoms with van der Waals surface area (Å²) >= 11 is 0. The lowest BCUT2D eigenvalue weighted by atomic mass is 10.3. The average molecular weight is 199 g/mol. The molecule has 1 aromatic heterocycles. The maximum atomic E-state index is 4.35. The summed E-state index contributed by atoms with van der Waals surface area (Å²) in [6, 6.07) is 9.99. The Balaban J connectivity index is 2.28. The first kappa shape index (κ1) is 9.65. The Bertz CT molecular complexity index is 452. The number of nitrogens with zero attached hydrogens (tertiary/aromatic N) is 2. The van der Waals surface area contributed by atoms with Gasteiger partial charge in [0, 0.05) is 17.4 Å². The number of hydrogen-bond donors (Lipinski definition) is 1. The van der Waals surface area contributed by atoms with Crippen molar-refractivity contribution in [2.75, 3.05) is 5.32 Å². The summed E-state index contributed by atoms with van der Waals surface area (Å²) in [6.45, 7) is 3.88. The SMILES string of the molecule is Cc1ncc(C)c(Nc2ccccc2)n1. The molecular weight excluding hydrogens is 186 g/mol. The number of aromatic nitrogens is 2. The van der Waals surface area contributed by atoms with Crippen LogP contribution < -0.4 is 5.32 Å². The highest BCUT2D eigenvalue weighted by Gasteiger charge is 2.00. The zero-order chi connectivity index (χ0) is 10.7. The molecule has 15 heavy (non-hydrogen) atoms. The Hall–Kier alpha value is -1.90. The second-order valence-corrected chi connectivity index (χ2v) is 3.44. The number of hydrogen-bond acceptors (Lipinski definition) is 3. The molecule has 0 bridgehead atoms. The highest BCUT2D eigenvalue weighted by molar-refractivity contribution is 5.58. The first-order valence-corrected chi connectivity index (χ1v) is 4.88. The van der Waals surface area contributed by atoms with Crippen molar-refractivity contribution >= 4 is 11.5 Å². The van der Waals surface area contributed by atoms with Crippen LogP contribution in [0.15, 0.2) is 36.5 Å². The molecule has 0 amide bonds. The standard InChI is InChI=1S/C12H13N3/c1-9-8-13-10(2)14-12(9)15-11-6-4-3-5-7-11/h3-8H,1-2H3,(H,13,14,15). The summed E-state index contributed by atoms with van der Waals surface area (Å²) in [4.78, 5) is 8.48. The fourth-order valence-electron chi connectivity index (χ4n) is 1.31. The predicted molar refractivity (Wildman–Crippen MR) is 61.2 cm³/mol. The Morgan fingerprint density at radius 1 is 1.07 bits per heavy atom. The molecule has 0 saturated carbocycles. The number of rotatable bonds is 2. The molecule has 2 aromatic rings. The van der Waals surface area contributed by atoms with Crippen LogP contribution in [0.2, 0.25) is 0 Å². The summed E-state index contributed by atoms with van der Waals surface area (Å²) in [5.41, 5.74) is 2.09. The minimum absolute atomic E-state index is 0.777. The van der Waals surface area contributed by atoms with Crippen molar-refractivity contribution in [3.05, 3.63) is 47.9 Å². The van der Waals surface area contributed by atoms with Crippen LogP contribution >= 0.6 is 0 Å². The van der Waals surface area contributed by atoms with E-state index < -0.39 is 0 Å². The number of nitrogens with one attached hydrogen (secondary N) is 1. The van der Waals surface area contributed by atoms with Gasteiger partial charge in [-0.05, 0) is 26.0 Å². The van der Waals surface area contributed by atoms with Gasteiger partial charge in [-0.2, -0.15) is 0 Å². The van der Waals surface area contributed by atoms with Crippen molar-refractivity contribution in [3.8, 4) is 0 Å². The first-order valence-electron chi connectivity index (χ1n) is 4.88. The average Bonchev–Trinajstić information content (AvgIpc) is 2.25. The van der Waals surface area contributed by atoms with E-state index in [1.807, 2.05) is 50.4 Å². The van der Waals surface area contributed by atoms with E-state index >= 15 is 0 Å².